The molecule has 1 saturated heterocycles. The Balaban J connectivity index is 2.65. The monoisotopic (exact) mass is 240 g/mol. The van der Waals surface area contributed by atoms with Gasteiger partial charge >= 0.3 is 12.0 Å². The van der Waals surface area contributed by atoms with Crippen LogP contribution in [0.4, 0.5) is 4.79 Å². The van der Waals surface area contributed by atoms with E-state index in [0.29, 0.717) is 19.5 Å². The van der Waals surface area contributed by atoms with Crippen LogP contribution in [-0.2, 0) is 4.79 Å². The van der Waals surface area contributed by atoms with Gasteiger partial charge in [-0.25, -0.2) is 4.79 Å². The van der Waals surface area contributed by atoms with Gasteiger partial charge in [0.1, 0.15) is 0 Å². The molecule has 1 aliphatic rings. The zero-order valence-corrected chi connectivity index (χ0v) is 10.6. The molecule has 0 aromatic carbocycles. The second kappa shape index (κ2) is 5.21. The summed E-state index contributed by atoms with van der Waals surface area (Å²) in [4.78, 5) is 26.2. The molecular weight excluding hydrogens is 220 g/mol. The lowest BCUT2D eigenvalue weighted by atomic mass is 10.0. The van der Waals surface area contributed by atoms with E-state index in [4.69, 9.17) is 5.11 Å². The molecule has 17 heavy (non-hydrogen) atoms. The van der Waals surface area contributed by atoms with Crippen LogP contribution in [0.3, 0.4) is 0 Å². The molecule has 1 N–H and O–H groups in total. The van der Waals surface area contributed by atoms with Crippen molar-refractivity contribution in [2.24, 2.45) is 5.92 Å². The summed E-state index contributed by atoms with van der Waals surface area (Å²) in [6.45, 7) is 8.42. The van der Waals surface area contributed by atoms with Crippen molar-refractivity contribution in [1.82, 2.24) is 9.80 Å². The molecule has 96 valence electrons. The van der Waals surface area contributed by atoms with E-state index in [9.17, 15) is 9.59 Å². The first-order valence-electron chi connectivity index (χ1n) is 5.73. The number of likely N-dealkylation sites (tertiary alicyclic amines) is 1. The Morgan fingerprint density at radius 1 is 1.53 bits per heavy atom. The number of nitrogens with zero attached hydrogens (tertiary/aromatic N) is 2. The second-order valence-corrected chi connectivity index (χ2v) is 4.76. The summed E-state index contributed by atoms with van der Waals surface area (Å²) < 4.78 is 0. The summed E-state index contributed by atoms with van der Waals surface area (Å²) in [6, 6.07) is -0.364. The van der Waals surface area contributed by atoms with Crippen LogP contribution in [0.1, 0.15) is 20.3 Å². The van der Waals surface area contributed by atoms with Crippen LogP contribution >= 0.6 is 0 Å². The predicted molar refractivity (Wildman–Crippen MR) is 64.8 cm³/mol. The third kappa shape index (κ3) is 2.99. The molecular formula is C12H20N2O3. The number of aliphatic carboxylic acids is 1. The zero-order chi connectivity index (χ0) is 13.2. The maximum atomic E-state index is 12.1. The Morgan fingerprint density at radius 2 is 2.12 bits per heavy atom. The van der Waals surface area contributed by atoms with Gasteiger partial charge in [0.05, 0.1) is 5.92 Å². The number of rotatable bonds is 3. The van der Waals surface area contributed by atoms with Crippen LogP contribution in [0.2, 0.25) is 0 Å². The van der Waals surface area contributed by atoms with Crippen molar-refractivity contribution in [2.75, 3.05) is 20.1 Å². The maximum Gasteiger partial charge on any atom is 0.320 e. The quantitative estimate of drug-likeness (QED) is 0.759. The average molecular weight is 240 g/mol. The number of carbonyl (C=O) groups excluding carboxylic acids is 1. The van der Waals surface area contributed by atoms with E-state index in [2.05, 4.69) is 6.58 Å². The minimum absolute atomic E-state index is 0.121. The van der Waals surface area contributed by atoms with Gasteiger partial charge in [0.2, 0.25) is 0 Å². The highest BCUT2D eigenvalue weighted by Crippen LogP contribution is 2.25. The lowest BCUT2D eigenvalue weighted by molar-refractivity contribution is -0.142. The van der Waals surface area contributed by atoms with E-state index in [1.54, 1.807) is 23.8 Å². The molecule has 0 bridgehead atoms. The molecule has 0 radical (unpaired) electrons. The second-order valence-electron chi connectivity index (χ2n) is 4.76. The minimum Gasteiger partial charge on any atom is -0.481 e. The molecule has 1 heterocycles. The van der Waals surface area contributed by atoms with Crippen molar-refractivity contribution in [2.45, 2.75) is 26.3 Å². The highest BCUT2D eigenvalue weighted by atomic mass is 16.4. The van der Waals surface area contributed by atoms with Crippen molar-refractivity contribution in [3.63, 3.8) is 0 Å². The highest BCUT2D eigenvalue weighted by Gasteiger charge is 2.38. The molecule has 0 aromatic rings. The van der Waals surface area contributed by atoms with E-state index < -0.39 is 11.9 Å². The Hall–Kier alpha value is -1.52. The Bertz CT molecular complexity index is 341. The van der Waals surface area contributed by atoms with Gasteiger partial charge in [0, 0.05) is 26.2 Å². The lowest BCUT2D eigenvalue weighted by Gasteiger charge is -2.28. The van der Waals surface area contributed by atoms with Crippen LogP contribution in [0.15, 0.2) is 12.2 Å². The third-order valence-corrected chi connectivity index (χ3v) is 3.15. The molecule has 0 spiro atoms. The van der Waals surface area contributed by atoms with Crippen LogP contribution in [0, 0.1) is 5.92 Å². The van der Waals surface area contributed by atoms with Crippen molar-refractivity contribution in [3.05, 3.63) is 12.2 Å². The number of carboxylic acid groups (broad SMARTS) is 1. The SMILES string of the molecule is C=C(C)CN(C)C(=O)N1CCC(C(=O)O)C1C. The number of carboxylic acids is 1. The van der Waals surface area contributed by atoms with Gasteiger partial charge in [-0.05, 0) is 20.3 Å². The van der Waals surface area contributed by atoms with Gasteiger partial charge in [-0.15, -0.1) is 0 Å². The fourth-order valence-corrected chi connectivity index (χ4v) is 2.23. The van der Waals surface area contributed by atoms with Gasteiger partial charge in [-0.1, -0.05) is 12.2 Å². The number of amides is 2. The van der Waals surface area contributed by atoms with E-state index in [1.807, 2.05) is 6.92 Å². The first-order chi connectivity index (χ1) is 7.84. The number of carbonyl (C=O) groups is 2. The van der Waals surface area contributed by atoms with Gasteiger partial charge < -0.3 is 14.9 Å². The molecule has 5 nitrogen and oxygen atoms in total. The molecule has 0 saturated carbocycles. The number of likely N-dealkylation sites (N-methyl/N-ethyl adjacent to an activating group) is 1. The zero-order valence-electron chi connectivity index (χ0n) is 10.6. The minimum atomic E-state index is -0.824. The lowest BCUT2D eigenvalue weighted by Crippen LogP contribution is -2.45. The van der Waals surface area contributed by atoms with E-state index in [1.165, 1.54) is 0 Å². The molecule has 5 heteroatoms. The first-order valence-corrected chi connectivity index (χ1v) is 5.73. The van der Waals surface area contributed by atoms with Crippen molar-refractivity contribution in [1.29, 1.82) is 0 Å². The Morgan fingerprint density at radius 3 is 2.53 bits per heavy atom. The summed E-state index contributed by atoms with van der Waals surface area (Å²) in [5.74, 6) is -1.27. The molecule has 1 rings (SSSR count). The largest absolute Gasteiger partial charge is 0.481 e. The van der Waals surface area contributed by atoms with Gasteiger partial charge in [-0.3, -0.25) is 4.79 Å². The van der Waals surface area contributed by atoms with Crippen molar-refractivity contribution < 1.29 is 14.7 Å². The summed E-state index contributed by atoms with van der Waals surface area (Å²) in [5.41, 5.74) is 0.905. The molecule has 1 fully saturated rings. The summed E-state index contributed by atoms with van der Waals surface area (Å²) in [5, 5.41) is 9.00. The Kier molecular flexibility index (Phi) is 4.15. The molecule has 2 amide bonds. The van der Waals surface area contributed by atoms with Gasteiger partial charge in [-0.2, -0.15) is 0 Å². The third-order valence-electron chi connectivity index (χ3n) is 3.15. The van der Waals surface area contributed by atoms with Crippen molar-refractivity contribution >= 4 is 12.0 Å². The fourth-order valence-electron chi connectivity index (χ4n) is 2.23. The number of hydrogen-bond acceptors (Lipinski definition) is 2. The smallest absolute Gasteiger partial charge is 0.320 e. The van der Waals surface area contributed by atoms with Crippen LogP contribution in [0.25, 0.3) is 0 Å². The summed E-state index contributed by atoms with van der Waals surface area (Å²) in [6.07, 6.45) is 0.531. The van der Waals surface area contributed by atoms with Crippen LogP contribution < -0.4 is 0 Å². The van der Waals surface area contributed by atoms with Crippen LogP contribution in [0.5, 0.6) is 0 Å². The Labute approximate surface area is 102 Å². The van der Waals surface area contributed by atoms with Gasteiger partial charge in [0.15, 0.2) is 0 Å². The normalized spacial score (nSPS) is 23.6. The molecule has 0 aliphatic carbocycles. The molecule has 2 unspecified atom stereocenters. The summed E-state index contributed by atoms with van der Waals surface area (Å²) >= 11 is 0. The number of urea groups is 1. The predicted octanol–water partition coefficient (Wildman–Crippen LogP) is 1.41. The van der Waals surface area contributed by atoms with Crippen molar-refractivity contribution in [3.8, 4) is 0 Å². The van der Waals surface area contributed by atoms with E-state index in [-0.39, 0.29) is 12.1 Å². The van der Waals surface area contributed by atoms with E-state index >= 15 is 0 Å². The first kappa shape index (κ1) is 13.5. The van der Waals surface area contributed by atoms with Gasteiger partial charge in [0.25, 0.3) is 0 Å². The molecule has 2 atom stereocenters. The molecule has 0 aromatic heterocycles. The topological polar surface area (TPSA) is 60.9 Å². The maximum absolute atomic E-state index is 12.1. The van der Waals surface area contributed by atoms with E-state index in [0.717, 1.165) is 5.57 Å². The number of hydrogen-bond donors (Lipinski definition) is 1. The highest BCUT2D eigenvalue weighted by molar-refractivity contribution is 5.78. The van der Waals surface area contributed by atoms with Crippen LogP contribution in [-0.4, -0.2) is 53.1 Å². The average Bonchev–Trinajstić information content (AvgIpc) is 2.57. The summed E-state index contributed by atoms with van der Waals surface area (Å²) in [7, 11) is 1.71. The molecule has 1 aliphatic heterocycles. The standard InChI is InChI=1S/C12H20N2O3/c1-8(2)7-13(4)12(17)14-6-5-10(9(14)3)11(15)16/h9-10H,1,5-7H2,2-4H3,(H,15,16). The fraction of sp³-hybridized carbons (Fsp3) is 0.667.